The molecule has 6 heteroatoms. The van der Waals surface area contributed by atoms with E-state index in [2.05, 4.69) is 23.5 Å². The van der Waals surface area contributed by atoms with Gasteiger partial charge in [0, 0.05) is 6.04 Å². The number of nitrogen functional groups attached to an aromatic ring is 1. The van der Waals surface area contributed by atoms with Crippen molar-refractivity contribution in [2.75, 3.05) is 18.2 Å². The van der Waals surface area contributed by atoms with Crippen molar-refractivity contribution in [1.82, 2.24) is 4.37 Å². The van der Waals surface area contributed by atoms with Crippen LogP contribution in [0.4, 0.5) is 10.8 Å². The number of ether oxygens (including phenoxy) is 1. The minimum absolute atomic E-state index is 0.213. The fourth-order valence-corrected chi connectivity index (χ4v) is 3.38. The first-order valence-electron chi connectivity index (χ1n) is 6.55. The van der Waals surface area contributed by atoms with Crippen LogP contribution in [0, 0.1) is 5.41 Å². The molecule has 1 fully saturated rings. The predicted octanol–water partition coefficient (Wildman–Crippen LogP) is 2.89. The Balaban J connectivity index is 2.21. The average molecular weight is 283 g/mol. The third-order valence-electron chi connectivity index (χ3n) is 3.92. The molecule has 0 radical (unpaired) electrons. The second-order valence-corrected chi connectivity index (χ2v) is 6.47. The summed E-state index contributed by atoms with van der Waals surface area (Å²) in [5.41, 5.74) is 6.33. The Morgan fingerprint density at radius 2 is 2.26 bits per heavy atom. The number of anilines is 2. The van der Waals surface area contributed by atoms with E-state index in [1.165, 1.54) is 37.9 Å². The van der Waals surface area contributed by atoms with Gasteiger partial charge in [0.05, 0.1) is 7.11 Å². The molecule has 5 nitrogen and oxygen atoms in total. The maximum absolute atomic E-state index is 11.7. The topological polar surface area (TPSA) is 77.2 Å². The first-order valence-corrected chi connectivity index (χ1v) is 7.33. The summed E-state index contributed by atoms with van der Waals surface area (Å²) in [5, 5.41) is 4.18. The Bertz CT molecular complexity index is 470. The molecule has 1 aromatic heterocycles. The number of esters is 1. The van der Waals surface area contributed by atoms with Gasteiger partial charge in [-0.15, -0.1) is 0 Å². The smallest absolute Gasteiger partial charge is 0.344 e. The van der Waals surface area contributed by atoms with Crippen molar-refractivity contribution in [3.05, 3.63) is 5.56 Å². The summed E-state index contributed by atoms with van der Waals surface area (Å²) in [6, 6.07) is 0.338. The van der Waals surface area contributed by atoms with E-state index in [-0.39, 0.29) is 11.2 Å². The Morgan fingerprint density at radius 1 is 1.53 bits per heavy atom. The van der Waals surface area contributed by atoms with Crippen LogP contribution in [0.2, 0.25) is 0 Å². The number of methoxy groups -OCH3 is 1. The van der Waals surface area contributed by atoms with Crippen molar-refractivity contribution in [1.29, 1.82) is 0 Å². The highest BCUT2D eigenvalue weighted by Crippen LogP contribution is 2.39. The minimum Gasteiger partial charge on any atom is -0.465 e. The number of hydrogen-bond donors (Lipinski definition) is 2. The zero-order valence-electron chi connectivity index (χ0n) is 11.7. The van der Waals surface area contributed by atoms with Gasteiger partial charge in [-0.1, -0.05) is 26.7 Å². The summed E-state index contributed by atoms with van der Waals surface area (Å²) in [4.78, 5) is 11.7. The molecule has 3 N–H and O–H groups in total. The van der Waals surface area contributed by atoms with Crippen molar-refractivity contribution in [2.24, 2.45) is 5.41 Å². The third kappa shape index (κ3) is 2.83. The summed E-state index contributed by atoms with van der Waals surface area (Å²) in [6.45, 7) is 4.51. The van der Waals surface area contributed by atoms with Crippen LogP contribution < -0.4 is 11.1 Å². The molecular formula is C13H21N3O2S. The molecule has 0 amide bonds. The van der Waals surface area contributed by atoms with E-state index in [0.717, 1.165) is 11.4 Å². The maximum atomic E-state index is 11.7. The molecule has 1 heterocycles. The quantitative estimate of drug-likeness (QED) is 0.834. The third-order valence-corrected chi connectivity index (χ3v) is 4.71. The fraction of sp³-hybridized carbons (Fsp3) is 0.692. The number of nitrogens with one attached hydrogen (secondary N) is 1. The fourth-order valence-electron chi connectivity index (χ4n) is 2.62. The molecule has 1 unspecified atom stereocenters. The Morgan fingerprint density at radius 3 is 2.89 bits per heavy atom. The number of carbonyl (C=O) groups excluding carboxylic acids is 1. The minimum atomic E-state index is -0.428. The first-order chi connectivity index (χ1) is 8.95. The highest BCUT2D eigenvalue weighted by Gasteiger charge is 2.33. The lowest BCUT2D eigenvalue weighted by atomic mass is 9.73. The van der Waals surface area contributed by atoms with Crippen LogP contribution in [0.15, 0.2) is 0 Å². The van der Waals surface area contributed by atoms with Crippen molar-refractivity contribution >= 4 is 28.3 Å². The summed E-state index contributed by atoms with van der Waals surface area (Å²) < 4.78 is 8.82. The summed E-state index contributed by atoms with van der Waals surface area (Å²) in [7, 11) is 1.35. The van der Waals surface area contributed by atoms with Gasteiger partial charge in [-0.3, -0.25) is 0 Å². The summed E-state index contributed by atoms with van der Waals surface area (Å²) in [5.74, 6) is -0.185. The summed E-state index contributed by atoms with van der Waals surface area (Å²) >= 11 is 1.23. The van der Waals surface area contributed by atoms with Gasteiger partial charge in [0.2, 0.25) is 0 Å². The van der Waals surface area contributed by atoms with E-state index < -0.39 is 5.97 Å². The van der Waals surface area contributed by atoms with Crippen LogP contribution in [0.5, 0.6) is 0 Å². The van der Waals surface area contributed by atoms with Gasteiger partial charge in [-0.2, -0.15) is 4.37 Å². The molecule has 1 atom stereocenters. The average Bonchev–Trinajstić information content (AvgIpc) is 2.72. The van der Waals surface area contributed by atoms with Crippen LogP contribution >= 0.6 is 11.5 Å². The lowest BCUT2D eigenvalue weighted by molar-refractivity contribution is 0.0603. The Hall–Kier alpha value is -1.30. The summed E-state index contributed by atoms with van der Waals surface area (Å²) in [6.07, 6.45) is 4.76. The van der Waals surface area contributed by atoms with Gasteiger partial charge in [0.1, 0.15) is 10.6 Å². The van der Waals surface area contributed by atoms with Gasteiger partial charge in [0.15, 0.2) is 5.82 Å². The molecule has 0 aromatic carbocycles. The highest BCUT2D eigenvalue weighted by molar-refractivity contribution is 7.11. The molecule has 1 aromatic rings. The highest BCUT2D eigenvalue weighted by atomic mass is 32.1. The van der Waals surface area contributed by atoms with E-state index >= 15 is 0 Å². The Labute approximate surface area is 117 Å². The maximum Gasteiger partial charge on any atom is 0.344 e. The molecule has 0 aliphatic heterocycles. The van der Waals surface area contributed by atoms with Crippen molar-refractivity contribution in [2.45, 2.75) is 45.6 Å². The molecule has 1 aliphatic carbocycles. The lowest BCUT2D eigenvalue weighted by Crippen LogP contribution is -2.39. The number of rotatable bonds is 3. The molecular weight excluding hydrogens is 262 g/mol. The standard InChI is InChI=1S/C13H21N3O2S/c1-13(2)7-5-4-6-8(13)15-11-9(12(17)18-3)10(14)16-19-11/h8,15H,4-7H2,1-3H3,(H2,14,16). The Kier molecular flexibility index (Phi) is 3.99. The molecule has 0 saturated heterocycles. The van der Waals surface area contributed by atoms with Crippen molar-refractivity contribution < 1.29 is 9.53 Å². The molecule has 2 rings (SSSR count). The second-order valence-electron chi connectivity index (χ2n) is 5.69. The SMILES string of the molecule is COC(=O)c1c(N)nsc1NC1CCCCC1(C)C. The molecule has 0 bridgehead atoms. The van der Waals surface area contributed by atoms with Crippen LogP contribution in [0.25, 0.3) is 0 Å². The van der Waals surface area contributed by atoms with Crippen LogP contribution in [-0.2, 0) is 4.74 Å². The van der Waals surface area contributed by atoms with Gasteiger partial charge < -0.3 is 15.8 Å². The van der Waals surface area contributed by atoms with Crippen molar-refractivity contribution in [3.8, 4) is 0 Å². The normalized spacial score (nSPS) is 21.9. The van der Waals surface area contributed by atoms with Gasteiger partial charge in [0.25, 0.3) is 0 Å². The molecule has 0 spiro atoms. The largest absolute Gasteiger partial charge is 0.465 e. The lowest BCUT2D eigenvalue weighted by Gasteiger charge is -2.39. The van der Waals surface area contributed by atoms with E-state index in [4.69, 9.17) is 10.5 Å². The number of hydrogen-bond acceptors (Lipinski definition) is 6. The molecule has 106 valence electrons. The van der Waals surface area contributed by atoms with Crippen LogP contribution in [0.1, 0.15) is 49.9 Å². The van der Waals surface area contributed by atoms with Gasteiger partial charge in [-0.05, 0) is 29.8 Å². The molecule has 1 aliphatic rings. The van der Waals surface area contributed by atoms with Crippen molar-refractivity contribution in [3.63, 3.8) is 0 Å². The van der Waals surface area contributed by atoms with E-state index in [0.29, 0.717) is 11.6 Å². The first kappa shape index (κ1) is 14.1. The number of aromatic nitrogens is 1. The zero-order valence-corrected chi connectivity index (χ0v) is 12.5. The molecule has 19 heavy (non-hydrogen) atoms. The number of nitrogens with two attached hydrogens (primary N) is 1. The van der Waals surface area contributed by atoms with E-state index in [9.17, 15) is 4.79 Å². The zero-order chi connectivity index (χ0) is 14.0. The monoisotopic (exact) mass is 283 g/mol. The molecule has 1 saturated carbocycles. The number of carbonyl (C=O) groups is 1. The van der Waals surface area contributed by atoms with E-state index in [1.807, 2.05) is 0 Å². The van der Waals surface area contributed by atoms with Gasteiger partial charge >= 0.3 is 5.97 Å². The van der Waals surface area contributed by atoms with Gasteiger partial charge in [-0.25, -0.2) is 4.79 Å². The predicted molar refractivity (Wildman–Crippen MR) is 77.5 cm³/mol. The second kappa shape index (κ2) is 5.36. The van der Waals surface area contributed by atoms with Crippen LogP contribution in [0.3, 0.4) is 0 Å². The number of nitrogens with zero attached hydrogens (tertiary/aromatic N) is 1. The van der Waals surface area contributed by atoms with E-state index in [1.54, 1.807) is 0 Å². The van der Waals surface area contributed by atoms with Crippen LogP contribution in [-0.4, -0.2) is 23.5 Å².